The van der Waals surface area contributed by atoms with Gasteiger partial charge in [0.15, 0.2) is 0 Å². The molecule has 1 aromatic heterocycles. The SMILES string of the molecule is O=C(c1ccccn1)c1cc2cc(Cl)ccc2c2c(Cl)cc(Cl)cc12. The molecule has 0 aliphatic heterocycles. The van der Waals surface area contributed by atoms with Crippen LogP contribution in [0.25, 0.3) is 21.5 Å². The van der Waals surface area contributed by atoms with Crippen LogP contribution in [0.1, 0.15) is 16.1 Å². The second kappa shape index (κ2) is 6.30. The number of benzene rings is 3. The van der Waals surface area contributed by atoms with Gasteiger partial charge < -0.3 is 0 Å². The van der Waals surface area contributed by atoms with E-state index in [9.17, 15) is 4.79 Å². The van der Waals surface area contributed by atoms with Crippen LogP contribution in [0.3, 0.4) is 0 Å². The predicted octanol–water partition coefficient (Wildman–Crippen LogP) is 6.58. The molecule has 122 valence electrons. The molecule has 0 spiro atoms. The van der Waals surface area contributed by atoms with Crippen molar-refractivity contribution in [2.45, 2.75) is 0 Å². The summed E-state index contributed by atoms with van der Waals surface area (Å²) in [7, 11) is 0. The fourth-order valence-corrected chi connectivity index (χ4v) is 3.77. The molecule has 3 aromatic carbocycles. The van der Waals surface area contributed by atoms with E-state index >= 15 is 0 Å². The van der Waals surface area contributed by atoms with Crippen LogP contribution >= 0.6 is 34.8 Å². The van der Waals surface area contributed by atoms with E-state index in [-0.39, 0.29) is 5.78 Å². The average Bonchev–Trinajstić information content (AvgIpc) is 2.60. The summed E-state index contributed by atoms with van der Waals surface area (Å²) >= 11 is 18.8. The van der Waals surface area contributed by atoms with Gasteiger partial charge in [-0.05, 0) is 58.6 Å². The monoisotopic (exact) mass is 385 g/mol. The molecule has 0 bridgehead atoms. The van der Waals surface area contributed by atoms with E-state index in [0.717, 1.165) is 16.2 Å². The fraction of sp³-hybridized carbons (Fsp3) is 0. The normalized spacial score (nSPS) is 11.2. The molecule has 0 unspecified atom stereocenters. The maximum Gasteiger partial charge on any atom is 0.211 e. The number of fused-ring (bicyclic) bond motifs is 3. The summed E-state index contributed by atoms with van der Waals surface area (Å²) in [6.45, 7) is 0. The quantitative estimate of drug-likeness (QED) is 0.288. The van der Waals surface area contributed by atoms with Crippen molar-refractivity contribution >= 4 is 62.1 Å². The van der Waals surface area contributed by atoms with E-state index in [4.69, 9.17) is 34.8 Å². The summed E-state index contributed by atoms with van der Waals surface area (Å²) in [5, 5.41) is 4.78. The zero-order chi connectivity index (χ0) is 17.6. The van der Waals surface area contributed by atoms with Gasteiger partial charge in [-0.2, -0.15) is 0 Å². The Morgan fingerprint density at radius 2 is 1.68 bits per heavy atom. The molecule has 2 nitrogen and oxygen atoms in total. The number of halogens is 3. The Kier molecular flexibility index (Phi) is 4.12. The molecule has 25 heavy (non-hydrogen) atoms. The lowest BCUT2D eigenvalue weighted by atomic mass is 9.94. The Balaban J connectivity index is 2.13. The number of aromatic nitrogens is 1. The maximum absolute atomic E-state index is 13.0. The Morgan fingerprint density at radius 1 is 0.840 bits per heavy atom. The lowest BCUT2D eigenvalue weighted by Gasteiger charge is -2.12. The van der Waals surface area contributed by atoms with Crippen molar-refractivity contribution in [2.24, 2.45) is 0 Å². The van der Waals surface area contributed by atoms with Gasteiger partial charge in [0.2, 0.25) is 5.78 Å². The molecule has 0 amide bonds. The minimum atomic E-state index is -0.189. The van der Waals surface area contributed by atoms with Crippen LogP contribution in [-0.2, 0) is 0 Å². The molecule has 0 aliphatic carbocycles. The summed E-state index contributed by atoms with van der Waals surface area (Å²) in [5.41, 5.74) is 0.856. The molecule has 4 rings (SSSR count). The van der Waals surface area contributed by atoms with Gasteiger partial charge in [-0.1, -0.05) is 46.9 Å². The summed E-state index contributed by atoms with van der Waals surface area (Å²) < 4.78 is 0. The van der Waals surface area contributed by atoms with Crippen molar-refractivity contribution in [3.8, 4) is 0 Å². The molecule has 1 heterocycles. The third-order valence-electron chi connectivity index (χ3n) is 4.07. The summed E-state index contributed by atoms with van der Waals surface area (Å²) in [6.07, 6.45) is 1.59. The summed E-state index contributed by atoms with van der Waals surface area (Å²) in [5.74, 6) is -0.189. The Bertz CT molecular complexity index is 1140. The van der Waals surface area contributed by atoms with Crippen molar-refractivity contribution in [1.82, 2.24) is 4.98 Å². The highest BCUT2D eigenvalue weighted by molar-refractivity contribution is 6.42. The number of ketones is 1. The second-order valence-electron chi connectivity index (χ2n) is 5.64. The highest BCUT2D eigenvalue weighted by Gasteiger charge is 2.18. The van der Waals surface area contributed by atoms with Crippen LogP contribution in [0.2, 0.25) is 15.1 Å². The molecule has 5 heteroatoms. The fourth-order valence-electron chi connectivity index (χ4n) is 3.00. The van der Waals surface area contributed by atoms with Gasteiger partial charge in [0.25, 0.3) is 0 Å². The van der Waals surface area contributed by atoms with Gasteiger partial charge in [0.05, 0.1) is 5.02 Å². The van der Waals surface area contributed by atoms with Gasteiger partial charge in [-0.15, -0.1) is 0 Å². The smallest absolute Gasteiger partial charge is 0.211 e. The molecule has 0 saturated carbocycles. The number of rotatable bonds is 2. The van der Waals surface area contributed by atoms with Crippen LogP contribution in [-0.4, -0.2) is 10.8 Å². The van der Waals surface area contributed by atoms with Gasteiger partial charge in [-0.3, -0.25) is 9.78 Å². The highest BCUT2D eigenvalue weighted by atomic mass is 35.5. The molecule has 0 aliphatic rings. The molecular weight excluding hydrogens is 377 g/mol. The Hall–Kier alpha value is -2.13. The largest absolute Gasteiger partial charge is 0.287 e. The third-order valence-corrected chi connectivity index (χ3v) is 4.82. The van der Waals surface area contributed by atoms with E-state index in [2.05, 4.69) is 4.98 Å². The first kappa shape index (κ1) is 16.3. The molecule has 0 N–H and O–H groups in total. The molecule has 0 saturated heterocycles. The van der Waals surface area contributed by atoms with Crippen molar-refractivity contribution in [1.29, 1.82) is 0 Å². The zero-order valence-corrected chi connectivity index (χ0v) is 15.0. The zero-order valence-electron chi connectivity index (χ0n) is 12.8. The van der Waals surface area contributed by atoms with Crippen LogP contribution in [0.5, 0.6) is 0 Å². The molecule has 0 radical (unpaired) electrons. The molecular formula is C20H10Cl3NO. The Labute approximate surface area is 159 Å². The average molecular weight is 387 g/mol. The van der Waals surface area contributed by atoms with E-state index in [1.807, 2.05) is 18.2 Å². The first-order valence-electron chi connectivity index (χ1n) is 7.51. The van der Waals surface area contributed by atoms with Crippen molar-refractivity contribution in [2.75, 3.05) is 0 Å². The first-order valence-corrected chi connectivity index (χ1v) is 8.65. The van der Waals surface area contributed by atoms with Crippen LogP contribution < -0.4 is 0 Å². The van der Waals surface area contributed by atoms with Crippen LogP contribution in [0, 0.1) is 0 Å². The lowest BCUT2D eigenvalue weighted by Crippen LogP contribution is -2.05. The summed E-state index contributed by atoms with van der Waals surface area (Å²) in [4.78, 5) is 17.2. The topological polar surface area (TPSA) is 30.0 Å². The highest BCUT2D eigenvalue weighted by Crippen LogP contribution is 2.37. The minimum Gasteiger partial charge on any atom is -0.287 e. The standard InChI is InChI=1S/C20H10Cl3NO/c21-12-4-5-14-11(7-12)8-16(20(25)18-3-1-2-6-24-18)15-9-13(22)10-17(23)19(14)15/h1-10H. The van der Waals surface area contributed by atoms with Gasteiger partial charge in [-0.25, -0.2) is 0 Å². The van der Waals surface area contributed by atoms with Crippen LogP contribution in [0.15, 0.2) is 60.8 Å². The number of hydrogen-bond acceptors (Lipinski definition) is 2. The number of hydrogen-bond donors (Lipinski definition) is 0. The third kappa shape index (κ3) is 2.87. The number of pyridine rings is 1. The number of carbonyl (C=O) groups excluding carboxylic acids is 1. The van der Waals surface area contributed by atoms with Crippen LogP contribution in [0.4, 0.5) is 0 Å². The molecule has 4 aromatic rings. The predicted molar refractivity (Wildman–Crippen MR) is 104 cm³/mol. The van der Waals surface area contributed by atoms with E-state index in [1.165, 1.54) is 0 Å². The van der Waals surface area contributed by atoms with Crippen molar-refractivity contribution in [3.05, 3.63) is 87.1 Å². The molecule has 0 fully saturated rings. The minimum absolute atomic E-state index is 0.189. The second-order valence-corrected chi connectivity index (χ2v) is 6.92. The van der Waals surface area contributed by atoms with E-state index in [1.54, 1.807) is 42.6 Å². The number of carbonyl (C=O) groups is 1. The summed E-state index contributed by atoms with van der Waals surface area (Å²) in [6, 6.07) is 16.0. The van der Waals surface area contributed by atoms with Gasteiger partial charge in [0, 0.05) is 27.2 Å². The van der Waals surface area contributed by atoms with E-state index in [0.29, 0.717) is 31.7 Å². The van der Waals surface area contributed by atoms with E-state index < -0.39 is 0 Å². The van der Waals surface area contributed by atoms with Crippen molar-refractivity contribution < 1.29 is 4.79 Å². The Morgan fingerprint density at radius 3 is 2.44 bits per heavy atom. The first-order chi connectivity index (χ1) is 12.0. The number of nitrogens with zero attached hydrogens (tertiary/aromatic N) is 1. The van der Waals surface area contributed by atoms with Gasteiger partial charge >= 0.3 is 0 Å². The lowest BCUT2D eigenvalue weighted by molar-refractivity contribution is 0.103. The van der Waals surface area contributed by atoms with Gasteiger partial charge in [0.1, 0.15) is 5.69 Å². The maximum atomic E-state index is 13.0. The van der Waals surface area contributed by atoms with Crippen molar-refractivity contribution in [3.63, 3.8) is 0 Å². The molecule has 0 atom stereocenters.